The summed E-state index contributed by atoms with van der Waals surface area (Å²) in [6.45, 7) is 6.50. The van der Waals surface area contributed by atoms with Gasteiger partial charge in [-0.05, 0) is 20.3 Å². The van der Waals surface area contributed by atoms with Gasteiger partial charge in [-0.15, -0.1) is 0 Å². The van der Waals surface area contributed by atoms with Crippen LogP contribution in [0, 0.1) is 0 Å². The first-order valence-electron chi connectivity index (χ1n) is 5.84. The molecule has 0 saturated heterocycles. The minimum atomic E-state index is -5.96. The molecule has 21 heavy (non-hydrogen) atoms. The molecule has 1 atom stereocenters. The molecule has 0 aromatic heterocycles. The van der Waals surface area contributed by atoms with Crippen LogP contribution >= 0.6 is 0 Å². The first kappa shape index (κ1) is 19.8. The van der Waals surface area contributed by atoms with Gasteiger partial charge in [-0.1, -0.05) is 13.5 Å². The van der Waals surface area contributed by atoms with Gasteiger partial charge in [-0.3, -0.25) is 0 Å². The van der Waals surface area contributed by atoms with Crippen molar-refractivity contribution in [2.75, 3.05) is 0 Å². The van der Waals surface area contributed by atoms with Crippen molar-refractivity contribution in [3.63, 3.8) is 0 Å². The summed E-state index contributed by atoms with van der Waals surface area (Å²) >= 11 is 0. The van der Waals surface area contributed by atoms with Gasteiger partial charge >= 0.3 is 18.3 Å². The molecule has 0 aromatic rings. The second kappa shape index (κ2) is 5.86. The molecule has 0 heterocycles. The van der Waals surface area contributed by atoms with E-state index in [9.17, 15) is 31.1 Å². The molecule has 0 aromatic carbocycles. The predicted octanol–water partition coefficient (Wildman–Crippen LogP) is 3.52. The molecule has 0 aliphatic heterocycles. The number of hydrogen-bond donors (Lipinski definition) is 1. The molecular weight excluding hydrogens is 306 g/mol. The van der Waals surface area contributed by atoms with Crippen molar-refractivity contribution in [3.05, 3.63) is 12.2 Å². The topological polar surface area (TPSA) is 46.5 Å². The molecule has 0 spiro atoms. The summed E-state index contributed by atoms with van der Waals surface area (Å²) in [5.74, 6) is -1.13. The van der Waals surface area contributed by atoms with E-state index < -0.39 is 35.9 Å². The van der Waals surface area contributed by atoms with Gasteiger partial charge in [-0.2, -0.15) is 26.3 Å². The van der Waals surface area contributed by atoms with Gasteiger partial charge in [-0.25, -0.2) is 4.79 Å². The summed E-state index contributed by atoms with van der Waals surface area (Å²) in [7, 11) is 0. The van der Waals surface area contributed by atoms with Crippen LogP contribution in [0.15, 0.2) is 12.2 Å². The van der Waals surface area contributed by atoms with E-state index in [0.717, 1.165) is 6.92 Å². The number of alkyl halides is 6. The third kappa shape index (κ3) is 4.36. The van der Waals surface area contributed by atoms with Gasteiger partial charge in [0.2, 0.25) is 0 Å². The molecule has 0 amide bonds. The molecule has 1 unspecified atom stereocenters. The number of aliphatic hydroxyl groups is 1. The SMILES string of the molecule is C=C(C)C(=O)OC(C)(CC)CC(O)(C(F)(F)F)C(F)(F)F. The van der Waals surface area contributed by atoms with E-state index in [0.29, 0.717) is 0 Å². The summed E-state index contributed by atoms with van der Waals surface area (Å²) in [6.07, 6.45) is -14.1. The zero-order chi connectivity index (χ0) is 17.3. The number of carbonyl (C=O) groups excluding carboxylic acids is 1. The van der Waals surface area contributed by atoms with E-state index in [1.165, 1.54) is 13.8 Å². The first-order valence-corrected chi connectivity index (χ1v) is 5.84. The Hall–Kier alpha value is -1.25. The van der Waals surface area contributed by atoms with Crippen LogP contribution in [0.4, 0.5) is 26.3 Å². The maximum absolute atomic E-state index is 12.6. The highest BCUT2D eigenvalue weighted by molar-refractivity contribution is 5.87. The van der Waals surface area contributed by atoms with Gasteiger partial charge in [0.15, 0.2) is 0 Å². The Bertz CT molecular complexity index is 398. The fourth-order valence-electron chi connectivity index (χ4n) is 1.45. The van der Waals surface area contributed by atoms with Crippen LogP contribution in [0.5, 0.6) is 0 Å². The lowest BCUT2D eigenvalue weighted by Crippen LogP contribution is -2.60. The predicted molar refractivity (Wildman–Crippen MR) is 61.3 cm³/mol. The van der Waals surface area contributed by atoms with Crippen LogP contribution < -0.4 is 0 Å². The van der Waals surface area contributed by atoms with E-state index in [4.69, 9.17) is 5.11 Å². The minimum absolute atomic E-state index is 0.183. The normalized spacial score (nSPS) is 16.3. The Morgan fingerprint density at radius 1 is 1.14 bits per heavy atom. The Kier molecular flexibility index (Phi) is 5.51. The monoisotopic (exact) mass is 322 g/mol. The molecule has 0 saturated carbocycles. The maximum atomic E-state index is 12.6. The van der Waals surface area contributed by atoms with E-state index in [-0.39, 0.29) is 12.0 Å². The van der Waals surface area contributed by atoms with Crippen LogP contribution in [-0.2, 0) is 9.53 Å². The fourth-order valence-corrected chi connectivity index (χ4v) is 1.45. The molecule has 1 N–H and O–H groups in total. The summed E-state index contributed by atoms with van der Waals surface area (Å²) in [6, 6.07) is 0. The van der Waals surface area contributed by atoms with Crippen molar-refractivity contribution in [1.29, 1.82) is 0 Å². The van der Waals surface area contributed by atoms with E-state index in [1.807, 2.05) is 0 Å². The lowest BCUT2D eigenvalue weighted by atomic mass is 9.85. The molecule has 0 fully saturated rings. The maximum Gasteiger partial charge on any atom is 0.426 e. The fraction of sp³-hybridized carbons (Fsp3) is 0.750. The zero-order valence-corrected chi connectivity index (χ0v) is 11.7. The van der Waals surface area contributed by atoms with E-state index >= 15 is 0 Å². The molecule has 0 rings (SSSR count). The lowest BCUT2D eigenvalue weighted by Gasteiger charge is -2.39. The third-order valence-electron chi connectivity index (χ3n) is 3.00. The highest BCUT2D eigenvalue weighted by Gasteiger charge is 2.72. The third-order valence-corrected chi connectivity index (χ3v) is 3.00. The highest BCUT2D eigenvalue weighted by atomic mass is 19.4. The van der Waals surface area contributed by atoms with Gasteiger partial charge in [0.1, 0.15) is 5.60 Å². The Morgan fingerprint density at radius 2 is 1.52 bits per heavy atom. The number of rotatable bonds is 5. The van der Waals surface area contributed by atoms with Crippen molar-refractivity contribution >= 4 is 5.97 Å². The van der Waals surface area contributed by atoms with E-state index in [2.05, 4.69) is 11.3 Å². The number of halogens is 6. The van der Waals surface area contributed by atoms with Gasteiger partial charge in [0.25, 0.3) is 5.60 Å². The standard InChI is InChI=1S/C12H16F6O3/c1-5-9(4,21-8(19)7(2)3)6-10(20,11(13,14)15)12(16,17)18/h20H,2,5-6H2,1,3-4H3. The summed E-state index contributed by atoms with van der Waals surface area (Å²) in [5, 5.41) is 9.14. The molecule has 0 bridgehead atoms. The Morgan fingerprint density at radius 3 is 1.76 bits per heavy atom. The largest absolute Gasteiger partial charge is 0.456 e. The number of carbonyl (C=O) groups is 1. The van der Waals surface area contributed by atoms with Crippen molar-refractivity contribution in [3.8, 4) is 0 Å². The molecule has 0 aliphatic carbocycles. The average molecular weight is 322 g/mol. The number of ether oxygens (including phenoxy) is 1. The lowest BCUT2D eigenvalue weighted by molar-refractivity contribution is -0.377. The van der Waals surface area contributed by atoms with Crippen LogP contribution in [-0.4, -0.2) is 34.6 Å². The van der Waals surface area contributed by atoms with Gasteiger partial charge in [0, 0.05) is 12.0 Å². The van der Waals surface area contributed by atoms with Crippen molar-refractivity contribution < 1.29 is 41.0 Å². The summed E-state index contributed by atoms with van der Waals surface area (Å²) in [5.41, 5.74) is -7.31. The van der Waals surface area contributed by atoms with Crippen LogP contribution in [0.3, 0.4) is 0 Å². The van der Waals surface area contributed by atoms with Gasteiger partial charge < -0.3 is 9.84 Å². The Balaban J connectivity index is 5.59. The van der Waals surface area contributed by atoms with Crippen molar-refractivity contribution in [2.24, 2.45) is 0 Å². The van der Waals surface area contributed by atoms with Gasteiger partial charge in [0.05, 0.1) is 0 Å². The zero-order valence-electron chi connectivity index (χ0n) is 11.7. The smallest absolute Gasteiger partial charge is 0.426 e. The average Bonchev–Trinajstić information content (AvgIpc) is 2.25. The molecule has 3 nitrogen and oxygen atoms in total. The second-order valence-electron chi connectivity index (χ2n) is 5.01. The van der Waals surface area contributed by atoms with Crippen molar-refractivity contribution in [1.82, 2.24) is 0 Å². The Labute approximate surface area is 117 Å². The summed E-state index contributed by atoms with van der Waals surface area (Å²) < 4.78 is 80.4. The number of esters is 1. The summed E-state index contributed by atoms with van der Waals surface area (Å²) in [4.78, 5) is 11.3. The number of hydrogen-bond acceptors (Lipinski definition) is 3. The molecular formula is C12H16F6O3. The van der Waals surface area contributed by atoms with E-state index in [1.54, 1.807) is 0 Å². The first-order chi connectivity index (χ1) is 9.09. The molecule has 124 valence electrons. The minimum Gasteiger partial charge on any atom is -0.456 e. The molecule has 9 heteroatoms. The van der Waals surface area contributed by atoms with Crippen LogP contribution in [0.25, 0.3) is 0 Å². The highest BCUT2D eigenvalue weighted by Crippen LogP contribution is 2.48. The second-order valence-corrected chi connectivity index (χ2v) is 5.01. The quantitative estimate of drug-likeness (QED) is 0.478. The van der Waals surface area contributed by atoms with Crippen molar-refractivity contribution in [2.45, 2.75) is 57.2 Å². The molecule has 0 radical (unpaired) electrons. The van der Waals surface area contributed by atoms with Crippen LogP contribution in [0.1, 0.15) is 33.6 Å². The van der Waals surface area contributed by atoms with Crippen LogP contribution in [0.2, 0.25) is 0 Å². The molecule has 0 aliphatic rings.